The van der Waals surface area contributed by atoms with Crippen molar-refractivity contribution in [3.8, 4) is 0 Å². The van der Waals surface area contributed by atoms with Gasteiger partial charge >= 0.3 is 0 Å². The maximum absolute atomic E-state index is 4.76. The fraction of sp³-hybridized carbons (Fsp3) is 0.600. The second-order valence-electron chi connectivity index (χ2n) is 7.17. The van der Waals surface area contributed by atoms with Crippen LogP contribution in [0.25, 0.3) is 0 Å². The first-order chi connectivity index (χ1) is 13.2. The smallest absolute Gasteiger partial charge is 0.191 e. The van der Waals surface area contributed by atoms with Gasteiger partial charge in [-0.2, -0.15) is 0 Å². The molecule has 0 amide bonds. The summed E-state index contributed by atoms with van der Waals surface area (Å²) < 4.78 is 0. The van der Waals surface area contributed by atoms with Crippen molar-refractivity contribution in [2.45, 2.75) is 52.1 Å². The van der Waals surface area contributed by atoms with E-state index >= 15 is 0 Å². The molecule has 0 aromatic carbocycles. The van der Waals surface area contributed by atoms with E-state index < -0.39 is 0 Å². The Morgan fingerprint density at radius 3 is 2.70 bits per heavy atom. The van der Waals surface area contributed by atoms with Crippen molar-refractivity contribution >= 4 is 28.6 Å². The van der Waals surface area contributed by atoms with Gasteiger partial charge in [0.2, 0.25) is 0 Å². The number of guanidine groups is 1. The van der Waals surface area contributed by atoms with Crippen molar-refractivity contribution in [1.29, 1.82) is 0 Å². The predicted molar refractivity (Wildman–Crippen MR) is 117 cm³/mol. The minimum absolute atomic E-state index is 0.420. The van der Waals surface area contributed by atoms with E-state index in [1.165, 1.54) is 30.8 Å². The molecule has 0 saturated carbocycles. The number of likely N-dealkylation sites (tertiary alicyclic amines) is 1. The first-order valence-electron chi connectivity index (χ1n) is 9.91. The molecule has 1 aliphatic heterocycles. The second-order valence-corrected chi connectivity index (χ2v) is 9.09. The van der Waals surface area contributed by atoms with Crippen LogP contribution in [0.2, 0.25) is 0 Å². The van der Waals surface area contributed by atoms with Gasteiger partial charge in [0.1, 0.15) is 5.01 Å². The topological polar surface area (TPSA) is 52.6 Å². The Kier molecular flexibility index (Phi) is 7.67. The van der Waals surface area contributed by atoms with Gasteiger partial charge in [-0.05, 0) is 50.2 Å². The van der Waals surface area contributed by atoms with E-state index in [1.807, 2.05) is 11.3 Å². The summed E-state index contributed by atoms with van der Waals surface area (Å²) in [7, 11) is 0. The molecule has 7 heteroatoms. The Morgan fingerprint density at radius 2 is 2.07 bits per heavy atom. The molecule has 2 N–H and O–H groups in total. The SMILES string of the molecule is CCNC(=NCc1nc(C(C)C)cs1)NCC(c1cccs1)N1CCCC1. The monoisotopic (exact) mass is 405 g/mol. The highest BCUT2D eigenvalue weighted by Gasteiger charge is 2.24. The minimum Gasteiger partial charge on any atom is -0.357 e. The first kappa shape index (κ1) is 20.3. The quantitative estimate of drug-likeness (QED) is 0.510. The Hall–Kier alpha value is -1.44. The largest absolute Gasteiger partial charge is 0.357 e. The zero-order chi connectivity index (χ0) is 19.1. The molecule has 1 saturated heterocycles. The van der Waals surface area contributed by atoms with Crippen molar-refractivity contribution in [3.63, 3.8) is 0 Å². The zero-order valence-electron chi connectivity index (χ0n) is 16.6. The normalized spacial score (nSPS) is 16.8. The van der Waals surface area contributed by atoms with Gasteiger partial charge < -0.3 is 10.6 Å². The number of thiazole rings is 1. The lowest BCUT2D eigenvalue weighted by Crippen LogP contribution is -2.42. The number of aliphatic imine (C=N–C) groups is 1. The van der Waals surface area contributed by atoms with E-state index in [0.29, 0.717) is 18.5 Å². The molecule has 1 fully saturated rings. The summed E-state index contributed by atoms with van der Waals surface area (Å²) in [5, 5.41) is 12.3. The molecule has 0 bridgehead atoms. The van der Waals surface area contributed by atoms with Gasteiger partial charge in [-0.1, -0.05) is 19.9 Å². The summed E-state index contributed by atoms with van der Waals surface area (Å²) in [4.78, 5) is 13.5. The van der Waals surface area contributed by atoms with E-state index in [0.717, 1.165) is 29.8 Å². The lowest BCUT2D eigenvalue weighted by atomic mass is 10.2. The molecule has 0 aliphatic carbocycles. The Labute approximate surface area is 170 Å². The fourth-order valence-corrected chi connectivity index (χ4v) is 5.03. The maximum Gasteiger partial charge on any atom is 0.191 e. The standard InChI is InChI=1S/C20H31N5S2/c1-4-21-20(23-13-19-24-16(14-27-19)15(2)3)22-12-17(18-8-7-11-26-18)25-9-5-6-10-25/h7-8,11,14-15,17H,4-6,9-10,12-13H2,1-3H3,(H2,21,22,23). The minimum atomic E-state index is 0.420. The van der Waals surface area contributed by atoms with Crippen LogP contribution < -0.4 is 10.6 Å². The number of aromatic nitrogens is 1. The summed E-state index contributed by atoms with van der Waals surface area (Å²) >= 11 is 3.55. The molecule has 2 aromatic rings. The summed E-state index contributed by atoms with van der Waals surface area (Å²) in [5.74, 6) is 1.34. The van der Waals surface area contributed by atoms with Crippen molar-refractivity contribution in [1.82, 2.24) is 20.5 Å². The number of rotatable bonds is 8. The highest BCUT2D eigenvalue weighted by molar-refractivity contribution is 7.10. The third kappa shape index (κ3) is 5.77. The molecule has 5 nitrogen and oxygen atoms in total. The zero-order valence-corrected chi connectivity index (χ0v) is 18.2. The van der Waals surface area contributed by atoms with Crippen LogP contribution in [0.4, 0.5) is 0 Å². The Morgan fingerprint density at radius 1 is 1.26 bits per heavy atom. The first-order valence-corrected chi connectivity index (χ1v) is 11.7. The lowest BCUT2D eigenvalue weighted by Gasteiger charge is -2.27. The summed E-state index contributed by atoms with van der Waals surface area (Å²) in [6.07, 6.45) is 2.61. The number of hydrogen-bond acceptors (Lipinski definition) is 5. The van der Waals surface area contributed by atoms with Crippen LogP contribution in [0.15, 0.2) is 27.9 Å². The van der Waals surface area contributed by atoms with Crippen LogP contribution in [-0.4, -0.2) is 42.0 Å². The Bertz CT molecular complexity index is 702. The average molecular weight is 406 g/mol. The van der Waals surface area contributed by atoms with Crippen LogP contribution in [-0.2, 0) is 6.54 Å². The number of nitrogens with one attached hydrogen (secondary N) is 2. The summed E-state index contributed by atoms with van der Waals surface area (Å²) in [6, 6.07) is 4.82. The Balaban J connectivity index is 1.63. The van der Waals surface area contributed by atoms with E-state index in [2.05, 4.69) is 59.2 Å². The molecule has 1 unspecified atom stereocenters. The molecule has 27 heavy (non-hydrogen) atoms. The van der Waals surface area contributed by atoms with E-state index in [9.17, 15) is 0 Å². The van der Waals surface area contributed by atoms with Crippen molar-refractivity contribution in [3.05, 3.63) is 38.5 Å². The number of nitrogens with zero attached hydrogens (tertiary/aromatic N) is 3. The molecule has 3 rings (SSSR count). The molecule has 2 aromatic heterocycles. The molecule has 3 heterocycles. The van der Waals surface area contributed by atoms with E-state index in [1.54, 1.807) is 11.3 Å². The van der Waals surface area contributed by atoms with E-state index in [4.69, 9.17) is 9.98 Å². The van der Waals surface area contributed by atoms with Crippen LogP contribution in [0.1, 0.15) is 61.2 Å². The number of thiophene rings is 1. The summed E-state index contributed by atoms with van der Waals surface area (Å²) in [5.41, 5.74) is 1.16. The summed E-state index contributed by atoms with van der Waals surface area (Å²) in [6.45, 7) is 11.2. The van der Waals surface area contributed by atoms with Crippen LogP contribution in [0.3, 0.4) is 0 Å². The van der Waals surface area contributed by atoms with Crippen LogP contribution in [0, 0.1) is 0 Å². The van der Waals surface area contributed by atoms with Crippen LogP contribution in [0.5, 0.6) is 0 Å². The van der Waals surface area contributed by atoms with Gasteiger partial charge in [0.05, 0.1) is 18.3 Å². The van der Waals surface area contributed by atoms with Crippen molar-refractivity contribution in [2.75, 3.05) is 26.2 Å². The van der Waals surface area contributed by atoms with Gasteiger partial charge in [0.25, 0.3) is 0 Å². The lowest BCUT2D eigenvalue weighted by molar-refractivity contribution is 0.249. The molecule has 0 radical (unpaired) electrons. The predicted octanol–water partition coefficient (Wildman–Crippen LogP) is 4.22. The molecule has 1 aliphatic rings. The van der Waals surface area contributed by atoms with Gasteiger partial charge in [-0.25, -0.2) is 9.98 Å². The van der Waals surface area contributed by atoms with E-state index in [-0.39, 0.29) is 0 Å². The molecular weight excluding hydrogens is 374 g/mol. The van der Waals surface area contributed by atoms with Crippen molar-refractivity contribution in [2.24, 2.45) is 4.99 Å². The molecule has 1 atom stereocenters. The average Bonchev–Trinajstić information content (AvgIpc) is 3.42. The van der Waals surface area contributed by atoms with Gasteiger partial charge in [-0.15, -0.1) is 22.7 Å². The van der Waals surface area contributed by atoms with Gasteiger partial charge in [0.15, 0.2) is 5.96 Å². The third-order valence-electron chi connectivity index (χ3n) is 4.79. The fourth-order valence-electron chi connectivity index (χ4n) is 3.29. The molecule has 148 valence electrons. The van der Waals surface area contributed by atoms with Gasteiger partial charge in [0, 0.05) is 23.3 Å². The van der Waals surface area contributed by atoms with Crippen LogP contribution >= 0.6 is 22.7 Å². The molecular formula is C20H31N5S2. The highest BCUT2D eigenvalue weighted by Crippen LogP contribution is 2.27. The highest BCUT2D eigenvalue weighted by atomic mass is 32.1. The van der Waals surface area contributed by atoms with Gasteiger partial charge in [-0.3, -0.25) is 4.90 Å². The van der Waals surface area contributed by atoms with Crippen molar-refractivity contribution < 1.29 is 0 Å². The third-order valence-corrected chi connectivity index (χ3v) is 6.62. The number of hydrogen-bond donors (Lipinski definition) is 2. The maximum atomic E-state index is 4.76. The molecule has 0 spiro atoms. The second kappa shape index (κ2) is 10.2.